The van der Waals surface area contributed by atoms with Crippen LogP contribution >= 0.6 is 0 Å². The highest BCUT2D eigenvalue weighted by atomic mass is 16.3. The average Bonchev–Trinajstić information content (AvgIpc) is 3.94. The number of aldehydes is 1. The molecule has 2 fully saturated rings. The van der Waals surface area contributed by atoms with Gasteiger partial charge in [-0.1, -0.05) is 12.1 Å². The maximum Gasteiger partial charge on any atom is 0.248 e. The minimum absolute atomic E-state index is 0.0143. The number of unbranched alkanes of at least 4 members (excludes halogenated alkanes) is 1. The molecule has 0 aromatic heterocycles. The Labute approximate surface area is 346 Å². The summed E-state index contributed by atoms with van der Waals surface area (Å²) in [7, 11) is 0. The van der Waals surface area contributed by atoms with Gasteiger partial charge in [0.15, 0.2) is 0 Å². The van der Waals surface area contributed by atoms with E-state index in [0.717, 1.165) is 4.90 Å². The lowest BCUT2D eigenvalue weighted by Gasteiger charge is -2.31. The van der Waals surface area contributed by atoms with Gasteiger partial charge in [-0.3, -0.25) is 33.6 Å². The van der Waals surface area contributed by atoms with Crippen LogP contribution in [0.5, 0.6) is 5.75 Å². The summed E-state index contributed by atoms with van der Waals surface area (Å²) in [5.74, 6) is -5.76. The molecule has 0 radical (unpaired) electrons. The van der Waals surface area contributed by atoms with E-state index in [1.165, 1.54) is 36.1 Å². The van der Waals surface area contributed by atoms with Gasteiger partial charge >= 0.3 is 0 Å². The second-order valence-electron chi connectivity index (χ2n) is 14.9. The van der Waals surface area contributed by atoms with E-state index < -0.39 is 116 Å². The van der Waals surface area contributed by atoms with Gasteiger partial charge in [0.2, 0.25) is 41.4 Å². The van der Waals surface area contributed by atoms with Gasteiger partial charge in [-0.05, 0) is 76.1 Å². The van der Waals surface area contributed by atoms with Crippen LogP contribution in [0.4, 0.5) is 0 Å². The Bertz CT molecular complexity index is 1650. The Hall–Kier alpha value is -5.26. The van der Waals surface area contributed by atoms with Crippen LogP contribution in [-0.4, -0.2) is 177 Å². The molecule has 3 rings (SSSR count). The molecule has 0 unspecified atom stereocenters. The van der Waals surface area contributed by atoms with Crippen molar-refractivity contribution < 1.29 is 63.9 Å². The molecule has 60 heavy (non-hydrogen) atoms. The lowest BCUT2D eigenvalue weighted by atomic mass is 10.0. The number of aromatic hydroxyl groups is 1. The fourth-order valence-electron chi connectivity index (χ4n) is 6.98. The van der Waals surface area contributed by atoms with Crippen molar-refractivity contribution in [3.63, 3.8) is 0 Å². The highest BCUT2D eigenvalue weighted by molar-refractivity contribution is 5.98. The van der Waals surface area contributed by atoms with E-state index >= 15 is 0 Å². The zero-order chi connectivity index (χ0) is 44.5. The number of likely N-dealkylation sites (tertiary alicyclic amines) is 2. The number of benzene rings is 1. The van der Waals surface area contributed by atoms with Gasteiger partial charge in [-0.2, -0.15) is 0 Å². The Morgan fingerprint density at radius 2 is 1.32 bits per heavy atom. The number of nitrogens with zero attached hydrogens (tertiary/aromatic N) is 2. The second-order valence-corrected chi connectivity index (χ2v) is 14.9. The second kappa shape index (κ2) is 24.1. The molecule has 0 bridgehead atoms. The van der Waals surface area contributed by atoms with Gasteiger partial charge in [0, 0.05) is 19.5 Å². The van der Waals surface area contributed by atoms with Crippen LogP contribution in [0.25, 0.3) is 0 Å². The van der Waals surface area contributed by atoms with Crippen LogP contribution in [0.1, 0.15) is 57.4 Å². The van der Waals surface area contributed by atoms with Crippen LogP contribution in [0, 0.1) is 0 Å². The maximum atomic E-state index is 14.0. The third-order valence-electron chi connectivity index (χ3n) is 10.3. The van der Waals surface area contributed by atoms with E-state index in [-0.39, 0.29) is 57.4 Å². The van der Waals surface area contributed by atoms with E-state index in [2.05, 4.69) is 26.6 Å². The van der Waals surface area contributed by atoms with E-state index in [4.69, 9.17) is 11.5 Å². The summed E-state index contributed by atoms with van der Waals surface area (Å²) in [6.07, 6.45) is 0.781. The van der Waals surface area contributed by atoms with E-state index in [1.807, 2.05) is 0 Å². The monoisotopic (exact) mass is 849 g/mol. The fourth-order valence-corrected chi connectivity index (χ4v) is 6.98. The van der Waals surface area contributed by atoms with E-state index in [1.54, 1.807) is 0 Å². The van der Waals surface area contributed by atoms with Crippen molar-refractivity contribution >= 4 is 47.6 Å². The first-order valence-corrected chi connectivity index (χ1v) is 19.9. The Kier molecular flexibility index (Phi) is 19.7. The molecule has 14 N–H and O–H groups in total. The minimum atomic E-state index is -1.63. The van der Waals surface area contributed by atoms with Crippen LogP contribution in [0.15, 0.2) is 24.3 Å². The maximum absolute atomic E-state index is 14.0. The topological polar surface area (TPSA) is 356 Å². The number of carbonyl (C=O) groups excluding carboxylic acids is 8. The first-order valence-electron chi connectivity index (χ1n) is 19.9. The number of phenols is 1. The predicted molar refractivity (Wildman–Crippen MR) is 211 cm³/mol. The summed E-state index contributed by atoms with van der Waals surface area (Å²) < 4.78 is 0. The number of carbonyl (C=O) groups is 8. The van der Waals surface area contributed by atoms with Gasteiger partial charge < -0.3 is 78.2 Å². The molecule has 7 amide bonds. The molecule has 22 nitrogen and oxygen atoms in total. The molecule has 1 aromatic carbocycles. The lowest BCUT2D eigenvalue weighted by Crippen LogP contribution is -2.61. The van der Waals surface area contributed by atoms with Gasteiger partial charge in [-0.15, -0.1) is 0 Å². The van der Waals surface area contributed by atoms with Gasteiger partial charge in [0.25, 0.3) is 0 Å². The largest absolute Gasteiger partial charge is 0.508 e. The number of phenolic OH excluding ortho intramolecular Hbond substituents is 1. The van der Waals surface area contributed by atoms with Crippen molar-refractivity contribution in [2.75, 3.05) is 39.5 Å². The summed E-state index contributed by atoms with van der Waals surface area (Å²) in [6.45, 7) is -0.568. The summed E-state index contributed by atoms with van der Waals surface area (Å²) in [4.78, 5) is 108. The summed E-state index contributed by atoms with van der Waals surface area (Å²) in [5, 5.41) is 61.4. The number of hydrogen-bond acceptors (Lipinski definition) is 15. The van der Waals surface area contributed by atoms with E-state index in [0.29, 0.717) is 31.2 Å². The van der Waals surface area contributed by atoms with Crippen molar-refractivity contribution in [2.45, 2.75) is 113 Å². The third-order valence-corrected chi connectivity index (χ3v) is 10.3. The number of aliphatic hydroxyl groups excluding tert-OH is 4. The fraction of sp³-hybridized carbons (Fsp3) is 0.632. The molecule has 2 saturated heterocycles. The zero-order valence-electron chi connectivity index (χ0n) is 33.5. The summed E-state index contributed by atoms with van der Waals surface area (Å²) in [5.41, 5.74) is 11.9. The predicted octanol–water partition coefficient (Wildman–Crippen LogP) is -5.65. The van der Waals surface area contributed by atoms with Gasteiger partial charge in [0.05, 0.1) is 25.9 Å². The highest BCUT2D eigenvalue weighted by Crippen LogP contribution is 2.21. The molecule has 0 saturated carbocycles. The number of nitrogens with one attached hydrogen (secondary N) is 5. The highest BCUT2D eigenvalue weighted by Gasteiger charge is 2.41. The standard InChI is InChI=1S/C38H59N9O13/c1-21(52)31(36(58)41-23(17-48)18-49)45-35(57)30-8-5-15-47(30)38(60)28(20-51)44-33(55)27(16-22-9-11-24(53)12-10-22)43-32(54)26(6-2-3-13-39)42-34(56)29-7-4-14-46(29)37(59)25(40)19-50/h9-12,17,21,23,25-31,49-53H,2-8,13-16,18-20,39-40H2,1H3,(H,41,58)(H,42,56)(H,43,54)(H,44,55)(H,45,57)/t21-,23-,25+,26+,27+,28+,29+,30+,31+/m1/s1. The number of aliphatic hydroxyl groups is 4. The van der Waals surface area contributed by atoms with Crippen LogP contribution in [0.3, 0.4) is 0 Å². The number of rotatable bonds is 23. The van der Waals surface area contributed by atoms with E-state index in [9.17, 15) is 63.9 Å². The number of hydrogen-bond donors (Lipinski definition) is 12. The van der Waals surface area contributed by atoms with Crippen molar-refractivity contribution in [1.29, 1.82) is 0 Å². The molecule has 22 heteroatoms. The van der Waals surface area contributed by atoms with Crippen LogP contribution in [0.2, 0.25) is 0 Å². The number of nitrogens with two attached hydrogens (primary N) is 2. The zero-order valence-corrected chi connectivity index (χ0v) is 33.5. The molecule has 2 aliphatic rings. The Balaban J connectivity index is 1.82. The van der Waals surface area contributed by atoms with Crippen LogP contribution in [-0.2, 0) is 44.8 Å². The van der Waals surface area contributed by atoms with Crippen molar-refractivity contribution in [3.8, 4) is 5.75 Å². The lowest BCUT2D eigenvalue weighted by molar-refractivity contribution is -0.144. The molecule has 0 aliphatic carbocycles. The Morgan fingerprint density at radius 3 is 1.85 bits per heavy atom. The molecule has 1 aromatic rings. The quantitative estimate of drug-likeness (QED) is 0.0361. The number of amides is 7. The van der Waals surface area contributed by atoms with Crippen LogP contribution < -0.4 is 38.1 Å². The van der Waals surface area contributed by atoms with Crippen molar-refractivity contribution in [3.05, 3.63) is 29.8 Å². The molecule has 2 heterocycles. The van der Waals surface area contributed by atoms with Crippen molar-refractivity contribution in [1.82, 2.24) is 36.4 Å². The first kappa shape index (κ1) is 49.1. The summed E-state index contributed by atoms with van der Waals surface area (Å²) >= 11 is 0. The first-order chi connectivity index (χ1) is 28.6. The van der Waals surface area contributed by atoms with Gasteiger partial charge in [-0.25, -0.2) is 0 Å². The van der Waals surface area contributed by atoms with Gasteiger partial charge in [0.1, 0.15) is 60.4 Å². The molecular weight excluding hydrogens is 790 g/mol. The molecule has 0 spiro atoms. The normalized spacial score (nSPS) is 19.8. The molecule has 9 atom stereocenters. The van der Waals surface area contributed by atoms with Crippen molar-refractivity contribution in [2.24, 2.45) is 11.5 Å². The third kappa shape index (κ3) is 13.6. The Morgan fingerprint density at radius 1 is 0.750 bits per heavy atom. The molecule has 334 valence electrons. The smallest absolute Gasteiger partial charge is 0.248 e. The SMILES string of the molecule is C[C@@H](O)[C@H](NC(=O)[C@@H]1CCCN1C(=O)[C@H](CO)NC(=O)[C@H](Cc1ccc(O)cc1)NC(=O)[C@H](CCCCN)NC(=O)[C@@H]1CCCN1C(=O)[C@@H](N)CO)C(=O)N[C@H](C=O)CO. The summed E-state index contributed by atoms with van der Waals surface area (Å²) in [6, 6.07) is -4.85. The average molecular weight is 850 g/mol. The molecular formula is C38H59N9O13. The molecule has 2 aliphatic heterocycles. The minimum Gasteiger partial charge on any atom is -0.508 e.